The molecule has 0 fully saturated rings. The average Bonchev–Trinajstić information content (AvgIpc) is 3.69. The zero-order valence-electron chi connectivity index (χ0n) is 36.6. The molecule has 0 saturated carbocycles. The van der Waals surface area contributed by atoms with E-state index in [9.17, 15) is 1.37 Å². The summed E-state index contributed by atoms with van der Waals surface area (Å²) in [6.07, 6.45) is 0. The maximum atomic E-state index is 9.65. The number of benzene rings is 7. The summed E-state index contributed by atoms with van der Waals surface area (Å²) in [5, 5.41) is -0.404. The predicted molar refractivity (Wildman–Crippen MR) is 200 cm³/mol. The molecular formula is C45H29N3O. The summed E-state index contributed by atoms with van der Waals surface area (Å²) < 4.78 is 103. The van der Waals surface area contributed by atoms with Crippen molar-refractivity contribution < 1.29 is 19.5 Å². The maximum Gasteiger partial charge on any atom is 0.164 e. The highest BCUT2D eigenvalue weighted by atomic mass is 16.3. The average molecular weight is 639 g/mol. The molecule has 0 N–H and O–H groups in total. The van der Waals surface area contributed by atoms with Gasteiger partial charge in [-0.05, 0) is 57.6 Å². The molecule has 9 rings (SSSR count). The van der Waals surface area contributed by atoms with E-state index >= 15 is 0 Å². The molecule has 0 aliphatic heterocycles. The zero-order chi connectivity index (χ0) is 42.1. The van der Waals surface area contributed by atoms with Crippen molar-refractivity contribution in [3.05, 3.63) is 176 Å². The van der Waals surface area contributed by atoms with E-state index in [0.29, 0.717) is 11.1 Å². The minimum Gasteiger partial charge on any atom is -0.456 e. The summed E-state index contributed by atoms with van der Waals surface area (Å²) in [4.78, 5) is 14.4. The highest BCUT2D eigenvalue weighted by Gasteiger charge is 2.16. The third-order valence-corrected chi connectivity index (χ3v) is 8.16. The van der Waals surface area contributed by atoms with E-state index in [4.69, 9.17) is 33.1 Å². The molecule has 0 aliphatic carbocycles. The molecule has 0 radical (unpaired) electrons. The molecule has 7 aromatic carbocycles. The van der Waals surface area contributed by atoms with Gasteiger partial charge in [0.15, 0.2) is 17.5 Å². The largest absolute Gasteiger partial charge is 0.456 e. The van der Waals surface area contributed by atoms with Crippen molar-refractivity contribution in [3.8, 4) is 67.5 Å². The number of furan rings is 1. The molecule has 0 atom stereocenters. The summed E-state index contributed by atoms with van der Waals surface area (Å²) in [5.41, 5.74) is 3.25. The van der Waals surface area contributed by atoms with Crippen LogP contribution in [0.25, 0.3) is 89.5 Å². The molecule has 0 aliphatic rings. The molecule has 4 nitrogen and oxygen atoms in total. The van der Waals surface area contributed by atoms with Crippen LogP contribution in [-0.4, -0.2) is 15.0 Å². The summed E-state index contributed by atoms with van der Waals surface area (Å²) in [5.74, 6) is 0.199. The molecule has 0 unspecified atom stereocenters. The van der Waals surface area contributed by atoms with Crippen molar-refractivity contribution in [1.82, 2.24) is 15.0 Å². The zero-order valence-corrected chi connectivity index (χ0v) is 25.6. The van der Waals surface area contributed by atoms with Gasteiger partial charge in [0.2, 0.25) is 0 Å². The lowest BCUT2D eigenvalue weighted by Crippen LogP contribution is -2.00. The summed E-state index contributed by atoms with van der Waals surface area (Å²) >= 11 is 0. The van der Waals surface area contributed by atoms with E-state index < -0.39 is 72.0 Å². The van der Waals surface area contributed by atoms with Gasteiger partial charge < -0.3 is 4.42 Å². The van der Waals surface area contributed by atoms with Gasteiger partial charge in [-0.3, -0.25) is 0 Å². The Balaban J connectivity index is 1.33. The van der Waals surface area contributed by atoms with Gasteiger partial charge in [-0.25, -0.2) is 15.0 Å². The first kappa shape index (κ1) is 19.2. The number of para-hydroxylation sites is 1. The third-order valence-electron chi connectivity index (χ3n) is 8.16. The molecule has 230 valence electrons. The lowest BCUT2D eigenvalue weighted by molar-refractivity contribution is 0.669. The molecular weight excluding hydrogens is 599 g/mol. The van der Waals surface area contributed by atoms with Crippen LogP contribution in [0.1, 0.15) is 15.1 Å². The first-order chi connectivity index (χ1) is 28.8. The molecule has 0 spiro atoms. The Bertz CT molecular complexity index is 3210. The predicted octanol–water partition coefficient (Wildman–Crippen LogP) is 11.8. The van der Waals surface area contributed by atoms with Crippen molar-refractivity contribution in [2.45, 2.75) is 0 Å². The molecule has 9 aromatic rings. The number of rotatable bonds is 6. The van der Waals surface area contributed by atoms with Gasteiger partial charge in [0.1, 0.15) is 11.2 Å². The van der Waals surface area contributed by atoms with E-state index in [1.165, 1.54) is 0 Å². The summed E-state index contributed by atoms with van der Waals surface area (Å²) in [7, 11) is 0. The van der Waals surface area contributed by atoms with Crippen molar-refractivity contribution in [2.24, 2.45) is 0 Å². The normalized spacial score (nSPS) is 14.4. The minimum atomic E-state index is -0.657. The topological polar surface area (TPSA) is 51.8 Å². The van der Waals surface area contributed by atoms with Gasteiger partial charge in [-0.1, -0.05) is 151 Å². The third kappa shape index (κ3) is 5.45. The van der Waals surface area contributed by atoms with Crippen molar-refractivity contribution in [1.29, 1.82) is 0 Å². The molecule has 0 bridgehead atoms. The minimum absolute atomic E-state index is 0.179. The Hall–Kier alpha value is -6.65. The van der Waals surface area contributed by atoms with Crippen LogP contribution in [0.5, 0.6) is 0 Å². The molecule has 2 aromatic heterocycles. The second-order valence-electron chi connectivity index (χ2n) is 11.2. The lowest BCUT2D eigenvalue weighted by Gasteiger charge is -2.11. The fourth-order valence-corrected chi connectivity index (χ4v) is 5.78. The number of hydrogen-bond donors (Lipinski definition) is 0. The Morgan fingerprint density at radius 1 is 0.408 bits per heavy atom. The SMILES string of the molecule is [2H]c1c([2H])c(-c2nc(-c3ccc(-c4ccccc4)cc3)nc(-c3cccc(-c4ccccc4)c3)n2)c([2H])c(-c2c([2H])c([2H])c([2H])c3oc4c([2H])c([2H])c([2H])c([2H])c4c23)c1[2H]. The molecule has 49 heavy (non-hydrogen) atoms. The molecule has 4 heteroatoms. The number of nitrogens with zero attached hydrogens (tertiary/aromatic N) is 3. The van der Waals surface area contributed by atoms with E-state index in [0.717, 1.165) is 22.3 Å². The standard InChI is InChI=1S/C45H29N3O/c1-3-12-30(13-4-1)32-24-26-33(27-25-32)43-46-44(36-18-9-16-34(28-36)31-14-5-2-6-15-31)48-45(47-43)37-19-10-17-35(29-37)38-21-11-23-41-42(38)39-20-7-8-22-40(39)49-41/h1-29H/i7D,8D,10D,11D,17D,19D,20D,21D,22D,23D,29D. The van der Waals surface area contributed by atoms with E-state index in [2.05, 4.69) is 0 Å². The molecule has 2 heterocycles. The van der Waals surface area contributed by atoms with Crippen molar-refractivity contribution in [2.75, 3.05) is 0 Å². The lowest BCUT2D eigenvalue weighted by atomic mass is 9.97. The second-order valence-corrected chi connectivity index (χ2v) is 11.2. The Kier molecular flexibility index (Phi) is 4.78. The van der Waals surface area contributed by atoms with Gasteiger partial charge in [0.25, 0.3) is 0 Å². The van der Waals surface area contributed by atoms with Crippen molar-refractivity contribution >= 4 is 21.9 Å². The highest BCUT2D eigenvalue weighted by Crippen LogP contribution is 2.38. The first-order valence-electron chi connectivity index (χ1n) is 21.0. The van der Waals surface area contributed by atoms with Crippen LogP contribution < -0.4 is 0 Å². The van der Waals surface area contributed by atoms with Crippen LogP contribution in [0, 0.1) is 0 Å². The molecule has 0 amide bonds. The summed E-state index contributed by atoms with van der Waals surface area (Å²) in [6.45, 7) is 0. The Morgan fingerprint density at radius 2 is 0.959 bits per heavy atom. The van der Waals surface area contributed by atoms with Gasteiger partial charge in [-0.2, -0.15) is 0 Å². The monoisotopic (exact) mass is 638 g/mol. The fraction of sp³-hybridized carbons (Fsp3) is 0. The Morgan fingerprint density at radius 3 is 1.73 bits per heavy atom. The van der Waals surface area contributed by atoms with Gasteiger partial charge >= 0.3 is 0 Å². The highest BCUT2D eigenvalue weighted by molar-refractivity contribution is 6.12. The fourth-order valence-electron chi connectivity index (χ4n) is 5.78. The smallest absolute Gasteiger partial charge is 0.164 e. The first-order valence-corrected chi connectivity index (χ1v) is 15.5. The van der Waals surface area contributed by atoms with Gasteiger partial charge in [0.05, 0.1) is 15.1 Å². The van der Waals surface area contributed by atoms with Crippen LogP contribution in [0.2, 0.25) is 0 Å². The van der Waals surface area contributed by atoms with Crippen LogP contribution in [0.15, 0.2) is 180 Å². The number of aromatic nitrogens is 3. The number of hydrogen-bond acceptors (Lipinski definition) is 4. The van der Waals surface area contributed by atoms with E-state index in [1.807, 2.05) is 109 Å². The maximum absolute atomic E-state index is 9.65. The second kappa shape index (κ2) is 12.2. The quantitative estimate of drug-likeness (QED) is 0.182. The van der Waals surface area contributed by atoms with Crippen molar-refractivity contribution in [3.63, 3.8) is 0 Å². The van der Waals surface area contributed by atoms with Crippen LogP contribution >= 0.6 is 0 Å². The van der Waals surface area contributed by atoms with E-state index in [-0.39, 0.29) is 50.5 Å². The van der Waals surface area contributed by atoms with Gasteiger partial charge in [0, 0.05) is 27.5 Å². The number of fused-ring (bicyclic) bond motifs is 3. The van der Waals surface area contributed by atoms with E-state index in [1.54, 1.807) is 0 Å². The molecule has 0 saturated heterocycles. The Labute approximate surface area is 299 Å². The van der Waals surface area contributed by atoms with Gasteiger partial charge in [-0.15, -0.1) is 0 Å². The van der Waals surface area contributed by atoms with Crippen LogP contribution in [0.4, 0.5) is 0 Å². The van der Waals surface area contributed by atoms with Crippen LogP contribution in [-0.2, 0) is 0 Å². The summed E-state index contributed by atoms with van der Waals surface area (Å²) in [6, 6.07) is 28.0. The van der Waals surface area contributed by atoms with Crippen LogP contribution in [0.3, 0.4) is 0 Å².